The van der Waals surface area contributed by atoms with Crippen LogP contribution in [0.3, 0.4) is 0 Å². The van der Waals surface area contributed by atoms with Gasteiger partial charge in [-0.3, -0.25) is 0 Å². The normalized spacial score (nSPS) is 17.8. The third-order valence-corrected chi connectivity index (χ3v) is 7.76. The minimum absolute atomic E-state index is 0.0424. The molecule has 1 aliphatic rings. The number of benzene rings is 1. The van der Waals surface area contributed by atoms with Crippen LogP contribution >= 0.6 is 11.3 Å². The highest BCUT2D eigenvalue weighted by Gasteiger charge is 2.36. The minimum atomic E-state index is -3.47. The Morgan fingerprint density at radius 1 is 1.08 bits per heavy atom. The Morgan fingerprint density at radius 3 is 2.46 bits per heavy atom. The van der Waals surface area contributed by atoms with Gasteiger partial charge in [0.1, 0.15) is 0 Å². The third-order valence-electron chi connectivity index (χ3n) is 5.24. The molecule has 0 aliphatic heterocycles. The summed E-state index contributed by atoms with van der Waals surface area (Å²) in [6.07, 6.45) is 5.70. The molecule has 0 amide bonds. The first kappa shape index (κ1) is 17.6. The maximum atomic E-state index is 12.7. The molecule has 0 bridgehead atoms. The number of hydrogen-bond donors (Lipinski definition) is 1. The lowest BCUT2D eigenvalue weighted by molar-refractivity contribution is 0.298. The number of rotatable bonds is 5. The fourth-order valence-electron chi connectivity index (χ4n) is 3.52. The molecule has 3 rings (SSSR count). The molecule has 0 radical (unpaired) electrons. The highest BCUT2D eigenvalue weighted by molar-refractivity contribution is 7.89. The summed E-state index contributed by atoms with van der Waals surface area (Å²) in [7, 11) is -3.47. The summed E-state index contributed by atoms with van der Waals surface area (Å²) in [6.45, 7) is 4.43. The zero-order valence-corrected chi connectivity index (χ0v) is 16.0. The first-order chi connectivity index (χ1) is 11.4. The molecule has 0 saturated heterocycles. The number of thiophene rings is 1. The van der Waals surface area contributed by atoms with Gasteiger partial charge in [0.05, 0.1) is 4.90 Å². The van der Waals surface area contributed by atoms with Crippen LogP contribution in [0.2, 0.25) is 0 Å². The molecule has 3 nitrogen and oxygen atoms in total. The Hall–Kier alpha value is -1.17. The van der Waals surface area contributed by atoms with Crippen molar-refractivity contribution >= 4 is 21.4 Å². The van der Waals surface area contributed by atoms with Crippen molar-refractivity contribution in [2.24, 2.45) is 0 Å². The molecular formula is C19H25NO2S2. The lowest BCUT2D eigenvalue weighted by Crippen LogP contribution is -2.41. The molecule has 0 spiro atoms. The van der Waals surface area contributed by atoms with E-state index >= 15 is 0 Å². The topological polar surface area (TPSA) is 46.2 Å². The average Bonchev–Trinajstić information content (AvgIpc) is 3.12. The lowest BCUT2D eigenvalue weighted by Gasteiger charge is -2.36. The number of hydrogen-bond acceptors (Lipinski definition) is 3. The first-order valence-electron chi connectivity index (χ1n) is 8.54. The highest BCUT2D eigenvalue weighted by Crippen LogP contribution is 2.41. The largest absolute Gasteiger partial charge is 0.240 e. The Bertz CT molecular complexity index is 789. The van der Waals surface area contributed by atoms with Crippen molar-refractivity contribution in [3.63, 3.8) is 0 Å². The van der Waals surface area contributed by atoms with Gasteiger partial charge < -0.3 is 0 Å². The Labute approximate surface area is 149 Å². The van der Waals surface area contributed by atoms with Crippen LogP contribution in [0.25, 0.3) is 0 Å². The summed E-state index contributed by atoms with van der Waals surface area (Å²) in [5.41, 5.74) is 2.07. The number of sulfonamides is 1. The fraction of sp³-hybridized carbons (Fsp3) is 0.474. The van der Waals surface area contributed by atoms with E-state index in [0.717, 1.165) is 24.0 Å². The van der Waals surface area contributed by atoms with Gasteiger partial charge in [0.15, 0.2) is 0 Å². The van der Waals surface area contributed by atoms with E-state index in [1.54, 1.807) is 23.5 Å². The van der Waals surface area contributed by atoms with Crippen LogP contribution in [0.1, 0.15) is 48.1 Å². The molecule has 1 aromatic heterocycles. The predicted octanol–water partition coefficient (Wildman–Crippen LogP) is 4.55. The second-order valence-electron chi connectivity index (χ2n) is 6.89. The maximum Gasteiger partial charge on any atom is 0.240 e. The van der Waals surface area contributed by atoms with E-state index in [1.807, 2.05) is 19.9 Å². The Morgan fingerprint density at radius 2 is 1.83 bits per heavy atom. The monoisotopic (exact) mass is 363 g/mol. The van der Waals surface area contributed by atoms with E-state index in [2.05, 4.69) is 22.2 Å². The van der Waals surface area contributed by atoms with Crippen LogP contribution in [-0.2, 0) is 15.4 Å². The van der Waals surface area contributed by atoms with Gasteiger partial charge in [0, 0.05) is 16.8 Å². The van der Waals surface area contributed by atoms with Crippen molar-refractivity contribution in [1.29, 1.82) is 0 Å². The zero-order valence-electron chi connectivity index (χ0n) is 14.3. The molecule has 1 heterocycles. The van der Waals surface area contributed by atoms with Crippen LogP contribution in [0.15, 0.2) is 40.6 Å². The summed E-state index contributed by atoms with van der Waals surface area (Å²) in [4.78, 5) is 1.67. The summed E-state index contributed by atoms with van der Waals surface area (Å²) in [5, 5.41) is 2.09. The first-order valence-corrected chi connectivity index (χ1v) is 10.9. The average molecular weight is 364 g/mol. The van der Waals surface area contributed by atoms with Gasteiger partial charge in [-0.25, -0.2) is 13.1 Å². The van der Waals surface area contributed by atoms with Crippen molar-refractivity contribution in [3.8, 4) is 0 Å². The molecule has 0 atom stereocenters. The predicted molar refractivity (Wildman–Crippen MR) is 100 cm³/mol. The van der Waals surface area contributed by atoms with Gasteiger partial charge in [-0.15, -0.1) is 11.3 Å². The van der Waals surface area contributed by atoms with Gasteiger partial charge in [-0.2, -0.15) is 0 Å². The minimum Gasteiger partial charge on any atom is -0.210 e. The van der Waals surface area contributed by atoms with E-state index in [-0.39, 0.29) is 5.41 Å². The summed E-state index contributed by atoms with van der Waals surface area (Å²) in [5.74, 6) is 0. The molecule has 2 aromatic rings. The molecule has 1 saturated carbocycles. The van der Waals surface area contributed by atoms with Gasteiger partial charge >= 0.3 is 0 Å². The van der Waals surface area contributed by atoms with Crippen molar-refractivity contribution in [2.45, 2.75) is 56.3 Å². The summed E-state index contributed by atoms with van der Waals surface area (Å²) in [6, 6.07) is 9.55. The van der Waals surface area contributed by atoms with E-state index < -0.39 is 10.0 Å². The zero-order chi connectivity index (χ0) is 17.2. The van der Waals surface area contributed by atoms with Crippen LogP contribution in [0, 0.1) is 13.8 Å². The molecule has 1 aliphatic carbocycles. The summed E-state index contributed by atoms with van der Waals surface area (Å²) >= 11 is 1.74. The molecule has 1 N–H and O–H groups in total. The third kappa shape index (κ3) is 3.58. The second kappa shape index (κ2) is 6.98. The Kier molecular flexibility index (Phi) is 5.13. The summed E-state index contributed by atoms with van der Waals surface area (Å²) < 4.78 is 28.4. The quantitative estimate of drug-likeness (QED) is 0.847. The SMILES string of the molecule is Cc1ccc(S(=O)(=O)NCC2(c3cccs3)CCCCC2)cc1C. The van der Waals surface area contributed by atoms with E-state index in [9.17, 15) is 8.42 Å². The maximum absolute atomic E-state index is 12.7. The van der Waals surface area contributed by atoms with Gasteiger partial charge in [0.2, 0.25) is 10.0 Å². The van der Waals surface area contributed by atoms with Gasteiger partial charge in [0.25, 0.3) is 0 Å². The fourth-order valence-corrected chi connectivity index (χ4v) is 5.72. The smallest absolute Gasteiger partial charge is 0.210 e. The van der Waals surface area contributed by atoms with E-state index in [4.69, 9.17) is 0 Å². The molecule has 130 valence electrons. The second-order valence-corrected chi connectivity index (χ2v) is 9.60. The molecule has 5 heteroatoms. The van der Waals surface area contributed by atoms with Crippen molar-refractivity contribution in [1.82, 2.24) is 4.72 Å². The van der Waals surface area contributed by atoms with Crippen LogP contribution in [-0.4, -0.2) is 15.0 Å². The van der Waals surface area contributed by atoms with Crippen LogP contribution in [0.4, 0.5) is 0 Å². The van der Waals surface area contributed by atoms with Crippen LogP contribution < -0.4 is 4.72 Å². The molecular weight excluding hydrogens is 338 g/mol. The van der Waals surface area contributed by atoms with Crippen molar-refractivity contribution in [3.05, 3.63) is 51.7 Å². The van der Waals surface area contributed by atoms with Gasteiger partial charge in [-0.1, -0.05) is 31.4 Å². The van der Waals surface area contributed by atoms with Crippen molar-refractivity contribution in [2.75, 3.05) is 6.54 Å². The van der Waals surface area contributed by atoms with Gasteiger partial charge in [-0.05, 0) is 61.4 Å². The number of nitrogens with one attached hydrogen (secondary N) is 1. The van der Waals surface area contributed by atoms with Crippen molar-refractivity contribution < 1.29 is 8.42 Å². The van der Waals surface area contributed by atoms with Crippen LogP contribution in [0.5, 0.6) is 0 Å². The Balaban J connectivity index is 1.82. The number of aryl methyl sites for hydroxylation is 2. The molecule has 24 heavy (non-hydrogen) atoms. The lowest BCUT2D eigenvalue weighted by atomic mass is 9.73. The molecule has 1 aromatic carbocycles. The standard InChI is InChI=1S/C19H25NO2S2/c1-15-8-9-17(13-16(15)2)24(21,22)20-14-19(10-4-3-5-11-19)18-7-6-12-23-18/h6-9,12-13,20H,3-5,10-11,14H2,1-2H3. The van der Waals surface area contributed by atoms with E-state index in [0.29, 0.717) is 11.4 Å². The van der Waals surface area contributed by atoms with E-state index in [1.165, 1.54) is 24.1 Å². The highest BCUT2D eigenvalue weighted by atomic mass is 32.2. The molecule has 1 fully saturated rings. The molecule has 0 unspecified atom stereocenters.